The molecule has 1 aliphatic carbocycles. The van der Waals surface area contributed by atoms with Crippen molar-refractivity contribution in [1.29, 1.82) is 0 Å². The van der Waals surface area contributed by atoms with Gasteiger partial charge < -0.3 is 4.42 Å². The summed E-state index contributed by atoms with van der Waals surface area (Å²) in [5.41, 5.74) is 0.306. The molecule has 0 amide bonds. The smallest absolute Gasteiger partial charge is 0.330 e. The van der Waals surface area contributed by atoms with E-state index in [1.165, 1.54) is 6.42 Å². The summed E-state index contributed by atoms with van der Waals surface area (Å²) < 4.78 is 7.09. The minimum absolute atomic E-state index is 0.0925. The van der Waals surface area contributed by atoms with Crippen LogP contribution in [0.3, 0.4) is 0 Å². The average molecular weight is 311 g/mol. The fourth-order valence-corrected chi connectivity index (χ4v) is 3.49. The van der Waals surface area contributed by atoms with Crippen LogP contribution in [0.2, 0.25) is 0 Å². The van der Waals surface area contributed by atoms with Crippen molar-refractivity contribution < 1.29 is 4.42 Å². The molecule has 4 rings (SSSR count). The maximum Gasteiger partial charge on any atom is 0.330 e. The van der Waals surface area contributed by atoms with Crippen LogP contribution in [0.25, 0.3) is 22.4 Å². The van der Waals surface area contributed by atoms with Crippen LogP contribution in [-0.4, -0.2) is 14.5 Å². The lowest BCUT2D eigenvalue weighted by atomic mass is 9.95. The highest BCUT2D eigenvalue weighted by Crippen LogP contribution is 2.30. The second kappa shape index (κ2) is 5.53. The van der Waals surface area contributed by atoms with Crippen molar-refractivity contribution in [2.75, 3.05) is 0 Å². The number of hydrogen-bond acceptors (Lipinski definition) is 4. The molecule has 6 nitrogen and oxygen atoms in total. The lowest BCUT2D eigenvalue weighted by Crippen LogP contribution is -2.34. The van der Waals surface area contributed by atoms with E-state index in [2.05, 4.69) is 9.97 Å². The third-order valence-electron chi connectivity index (χ3n) is 4.55. The number of furan rings is 1. The minimum Gasteiger partial charge on any atom is -0.464 e. The monoisotopic (exact) mass is 311 g/mol. The first-order valence-electron chi connectivity index (χ1n) is 7.93. The Morgan fingerprint density at radius 2 is 2.00 bits per heavy atom. The number of hydrogen-bond donors (Lipinski definition) is 1. The van der Waals surface area contributed by atoms with Crippen LogP contribution in [0, 0.1) is 0 Å². The number of aromatic nitrogens is 3. The molecule has 118 valence electrons. The van der Waals surface area contributed by atoms with Crippen molar-refractivity contribution in [2.45, 2.75) is 38.1 Å². The van der Waals surface area contributed by atoms with E-state index >= 15 is 0 Å². The van der Waals surface area contributed by atoms with E-state index in [1.54, 1.807) is 35.2 Å². The Bertz CT molecular complexity index is 947. The maximum atomic E-state index is 12.4. The van der Waals surface area contributed by atoms with Gasteiger partial charge in [-0.25, -0.2) is 9.78 Å². The van der Waals surface area contributed by atoms with Crippen LogP contribution in [-0.2, 0) is 0 Å². The van der Waals surface area contributed by atoms with E-state index in [0.717, 1.165) is 25.7 Å². The van der Waals surface area contributed by atoms with Gasteiger partial charge in [0.25, 0.3) is 5.56 Å². The molecule has 0 aromatic carbocycles. The number of rotatable bonds is 2. The van der Waals surface area contributed by atoms with Gasteiger partial charge >= 0.3 is 5.69 Å². The van der Waals surface area contributed by atoms with Crippen molar-refractivity contribution in [3.63, 3.8) is 0 Å². The standard InChI is InChI=1S/C17H17N3O3/c21-16-14-12(13-7-4-10-23-13)8-9-18-15(14)20(17(22)19-16)11-5-2-1-3-6-11/h4,7-11H,1-3,5-6H2,(H,19,21,22). The molecule has 0 unspecified atom stereocenters. The quantitative estimate of drug-likeness (QED) is 0.789. The summed E-state index contributed by atoms with van der Waals surface area (Å²) in [6, 6.07) is 5.40. The highest BCUT2D eigenvalue weighted by molar-refractivity contribution is 5.90. The van der Waals surface area contributed by atoms with Gasteiger partial charge in [-0.3, -0.25) is 14.3 Å². The van der Waals surface area contributed by atoms with E-state index in [1.807, 2.05) is 0 Å². The van der Waals surface area contributed by atoms with E-state index in [0.29, 0.717) is 22.4 Å². The molecule has 0 atom stereocenters. The summed E-state index contributed by atoms with van der Waals surface area (Å²) in [7, 11) is 0. The molecule has 6 heteroatoms. The lowest BCUT2D eigenvalue weighted by molar-refractivity contribution is 0.349. The van der Waals surface area contributed by atoms with Gasteiger partial charge in [-0.1, -0.05) is 19.3 Å². The molecule has 3 aromatic heterocycles. The third-order valence-corrected chi connectivity index (χ3v) is 4.55. The molecule has 0 saturated heterocycles. The third kappa shape index (κ3) is 2.30. The SMILES string of the molecule is O=c1[nH]c(=O)n(C2CCCCC2)c2nccc(-c3ccco3)c12. The van der Waals surface area contributed by atoms with Crippen molar-refractivity contribution >= 4 is 11.0 Å². The molecule has 0 spiro atoms. The van der Waals surface area contributed by atoms with Crippen molar-refractivity contribution in [1.82, 2.24) is 14.5 Å². The number of fused-ring (bicyclic) bond motifs is 1. The predicted molar refractivity (Wildman–Crippen MR) is 86.4 cm³/mol. The average Bonchev–Trinajstić information content (AvgIpc) is 3.09. The maximum absolute atomic E-state index is 12.4. The van der Waals surface area contributed by atoms with Crippen LogP contribution in [0.5, 0.6) is 0 Å². The molecule has 1 saturated carbocycles. The molecular weight excluding hydrogens is 294 g/mol. The Morgan fingerprint density at radius 1 is 1.17 bits per heavy atom. The van der Waals surface area contributed by atoms with Gasteiger partial charge in [-0.05, 0) is 31.0 Å². The number of H-pyrrole nitrogens is 1. The van der Waals surface area contributed by atoms with Crippen LogP contribution >= 0.6 is 0 Å². The molecule has 0 aliphatic heterocycles. The summed E-state index contributed by atoms with van der Waals surface area (Å²) in [4.78, 5) is 31.6. The van der Waals surface area contributed by atoms with E-state index in [9.17, 15) is 9.59 Å². The van der Waals surface area contributed by atoms with Gasteiger partial charge in [0.15, 0.2) is 0 Å². The molecular formula is C17H17N3O3. The number of aromatic amines is 1. The zero-order valence-electron chi connectivity index (χ0n) is 12.6. The summed E-state index contributed by atoms with van der Waals surface area (Å²) in [6.45, 7) is 0. The Balaban J connectivity index is 2.03. The van der Waals surface area contributed by atoms with Crippen molar-refractivity contribution in [3.05, 3.63) is 51.5 Å². The van der Waals surface area contributed by atoms with E-state index < -0.39 is 5.56 Å². The van der Waals surface area contributed by atoms with Gasteiger partial charge in [-0.15, -0.1) is 0 Å². The largest absolute Gasteiger partial charge is 0.464 e. The Kier molecular flexibility index (Phi) is 3.37. The first kappa shape index (κ1) is 14.0. The lowest BCUT2D eigenvalue weighted by Gasteiger charge is -2.24. The molecule has 0 bridgehead atoms. The highest BCUT2D eigenvalue weighted by Gasteiger charge is 2.22. The minimum atomic E-state index is -0.420. The summed E-state index contributed by atoms with van der Waals surface area (Å²) >= 11 is 0. The second-order valence-electron chi connectivity index (χ2n) is 5.96. The van der Waals surface area contributed by atoms with E-state index in [-0.39, 0.29) is 11.7 Å². The normalized spacial score (nSPS) is 16.0. The zero-order valence-corrected chi connectivity index (χ0v) is 12.6. The first-order valence-corrected chi connectivity index (χ1v) is 7.93. The molecule has 0 radical (unpaired) electrons. The first-order chi connectivity index (χ1) is 11.3. The fraction of sp³-hybridized carbons (Fsp3) is 0.353. The van der Waals surface area contributed by atoms with Crippen LogP contribution in [0.4, 0.5) is 0 Å². The van der Waals surface area contributed by atoms with Crippen LogP contribution < -0.4 is 11.2 Å². The van der Waals surface area contributed by atoms with Crippen LogP contribution in [0.1, 0.15) is 38.1 Å². The van der Waals surface area contributed by atoms with Gasteiger partial charge in [0.1, 0.15) is 11.4 Å². The van der Waals surface area contributed by atoms with Gasteiger partial charge in [0.05, 0.1) is 11.6 Å². The number of nitrogens with one attached hydrogen (secondary N) is 1. The van der Waals surface area contributed by atoms with Crippen molar-refractivity contribution in [2.24, 2.45) is 0 Å². The Labute approximate surface area is 131 Å². The topological polar surface area (TPSA) is 80.9 Å². The highest BCUT2D eigenvalue weighted by atomic mass is 16.3. The molecule has 1 N–H and O–H groups in total. The number of pyridine rings is 1. The molecule has 23 heavy (non-hydrogen) atoms. The van der Waals surface area contributed by atoms with Gasteiger partial charge in [-0.2, -0.15) is 0 Å². The molecule has 1 aliphatic rings. The van der Waals surface area contributed by atoms with E-state index in [4.69, 9.17) is 4.42 Å². The summed E-state index contributed by atoms with van der Waals surface area (Å²) in [5.74, 6) is 0.594. The zero-order chi connectivity index (χ0) is 15.8. The van der Waals surface area contributed by atoms with Gasteiger partial charge in [0, 0.05) is 17.8 Å². The molecule has 3 aromatic rings. The summed E-state index contributed by atoms with van der Waals surface area (Å²) in [5, 5.41) is 0.410. The fourth-order valence-electron chi connectivity index (χ4n) is 3.49. The molecule has 1 fully saturated rings. The molecule has 3 heterocycles. The Hall–Kier alpha value is -2.63. The number of nitrogens with zero attached hydrogens (tertiary/aromatic N) is 2. The van der Waals surface area contributed by atoms with Crippen LogP contribution in [0.15, 0.2) is 44.7 Å². The van der Waals surface area contributed by atoms with Crippen molar-refractivity contribution in [3.8, 4) is 11.3 Å². The van der Waals surface area contributed by atoms with Gasteiger partial charge in [0.2, 0.25) is 0 Å². The summed E-state index contributed by atoms with van der Waals surface area (Å²) in [6.07, 6.45) is 8.44. The second-order valence-corrected chi connectivity index (χ2v) is 5.96. The Morgan fingerprint density at radius 3 is 2.74 bits per heavy atom. The predicted octanol–water partition coefficient (Wildman–Crippen LogP) is 2.85.